The lowest BCUT2D eigenvalue weighted by Gasteiger charge is -2.08. The van der Waals surface area contributed by atoms with Gasteiger partial charge >= 0.3 is 0 Å². The van der Waals surface area contributed by atoms with E-state index >= 15 is 0 Å². The summed E-state index contributed by atoms with van der Waals surface area (Å²) >= 11 is 3.30. The van der Waals surface area contributed by atoms with E-state index < -0.39 is 0 Å². The van der Waals surface area contributed by atoms with Crippen LogP contribution in [0.15, 0.2) is 59.5 Å². The molecule has 0 aliphatic heterocycles. The van der Waals surface area contributed by atoms with Crippen LogP contribution in [0.25, 0.3) is 10.8 Å². The topological polar surface area (TPSA) is 54.9 Å². The van der Waals surface area contributed by atoms with Crippen molar-refractivity contribution in [2.24, 2.45) is 0 Å². The number of hydrogen-bond donors (Lipinski definition) is 1. The fourth-order valence-electron chi connectivity index (χ4n) is 1.96. The average molecular weight is 328 g/mol. The smallest absolute Gasteiger partial charge is 0.274 e. The summed E-state index contributed by atoms with van der Waals surface area (Å²) in [6.07, 6.45) is 3.28. The molecule has 0 saturated heterocycles. The van der Waals surface area contributed by atoms with Crippen LogP contribution in [-0.4, -0.2) is 15.9 Å². The quantitative estimate of drug-likeness (QED) is 0.731. The van der Waals surface area contributed by atoms with E-state index in [1.807, 2.05) is 30.3 Å². The van der Waals surface area contributed by atoms with Crippen molar-refractivity contribution in [1.82, 2.24) is 9.97 Å². The Hall–Kier alpha value is -2.27. The normalized spacial score (nSPS) is 10.4. The van der Waals surface area contributed by atoms with Crippen molar-refractivity contribution in [2.45, 2.75) is 0 Å². The number of carbonyl (C=O) groups excluding carboxylic acids is 1. The van der Waals surface area contributed by atoms with Crippen molar-refractivity contribution in [1.29, 1.82) is 0 Å². The first-order chi connectivity index (χ1) is 9.75. The van der Waals surface area contributed by atoms with Gasteiger partial charge in [-0.15, -0.1) is 0 Å². The Bertz CT molecular complexity index is 783. The minimum atomic E-state index is -0.254. The molecular weight excluding hydrogens is 318 g/mol. The third kappa shape index (κ3) is 2.40. The van der Waals surface area contributed by atoms with E-state index in [0.717, 1.165) is 10.8 Å². The number of anilines is 1. The van der Waals surface area contributed by atoms with E-state index in [-0.39, 0.29) is 5.91 Å². The van der Waals surface area contributed by atoms with E-state index in [1.54, 1.807) is 24.5 Å². The van der Waals surface area contributed by atoms with E-state index in [0.29, 0.717) is 16.0 Å². The molecule has 2 heterocycles. The standard InChI is InChI=1S/C15H10BrN3O/c16-14-12(6-3-8-18-14)19-15(20)13-11-5-2-1-4-10(11)7-9-17-13/h1-9H,(H,19,20). The molecule has 0 spiro atoms. The van der Waals surface area contributed by atoms with Crippen LogP contribution in [-0.2, 0) is 0 Å². The Morgan fingerprint density at radius 2 is 1.85 bits per heavy atom. The number of fused-ring (bicyclic) bond motifs is 1. The Morgan fingerprint density at radius 3 is 2.70 bits per heavy atom. The van der Waals surface area contributed by atoms with Crippen molar-refractivity contribution >= 4 is 38.3 Å². The number of aromatic nitrogens is 2. The van der Waals surface area contributed by atoms with Crippen molar-refractivity contribution in [3.63, 3.8) is 0 Å². The van der Waals surface area contributed by atoms with Gasteiger partial charge in [-0.05, 0) is 39.5 Å². The average Bonchev–Trinajstić information content (AvgIpc) is 2.49. The molecule has 1 amide bonds. The summed E-state index contributed by atoms with van der Waals surface area (Å²) < 4.78 is 0.591. The highest BCUT2D eigenvalue weighted by molar-refractivity contribution is 9.10. The Labute approximate surface area is 124 Å². The summed E-state index contributed by atoms with van der Waals surface area (Å²) in [7, 11) is 0. The predicted octanol–water partition coefficient (Wildman–Crippen LogP) is 3.64. The van der Waals surface area contributed by atoms with Gasteiger partial charge in [0.25, 0.3) is 5.91 Å². The molecule has 0 aliphatic rings. The molecule has 4 nitrogen and oxygen atoms in total. The molecule has 3 rings (SSSR count). The number of carbonyl (C=O) groups is 1. The minimum absolute atomic E-state index is 0.254. The zero-order valence-corrected chi connectivity index (χ0v) is 12.0. The van der Waals surface area contributed by atoms with Gasteiger partial charge in [0.2, 0.25) is 0 Å². The molecule has 0 saturated carbocycles. The van der Waals surface area contributed by atoms with Gasteiger partial charge in [-0.3, -0.25) is 9.78 Å². The molecule has 0 radical (unpaired) electrons. The summed E-state index contributed by atoms with van der Waals surface area (Å²) in [5.41, 5.74) is 1.02. The highest BCUT2D eigenvalue weighted by atomic mass is 79.9. The van der Waals surface area contributed by atoms with Crippen molar-refractivity contribution in [3.05, 3.63) is 65.2 Å². The number of nitrogens with one attached hydrogen (secondary N) is 1. The highest BCUT2D eigenvalue weighted by Crippen LogP contribution is 2.21. The number of hydrogen-bond acceptors (Lipinski definition) is 3. The summed E-state index contributed by atoms with van der Waals surface area (Å²) in [5.74, 6) is -0.254. The van der Waals surface area contributed by atoms with Gasteiger partial charge in [0.1, 0.15) is 10.3 Å². The molecule has 3 aromatic rings. The number of benzene rings is 1. The molecule has 98 valence electrons. The van der Waals surface area contributed by atoms with Crippen LogP contribution in [0.4, 0.5) is 5.69 Å². The van der Waals surface area contributed by atoms with E-state index in [2.05, 4.69) is 31.2 Å². The lowest BCUT2D eigenvalue weighted by Crippen LogP contribution is -2.14. The van der Waals surface area contributed by atoms with Gasteiger partial charge in [0, 0.05) is 17.8 Å². The highest BCUT2D eigenvalue weighted by Gasteiger charge is 2.13. The van der Waals surface area contributed by atoms with Gasteiger partial charge in [0.05, 0.1) is 5.69 Å². The zero-order chi connectivity index (χ0) is 13.9. The first kappa shape index (κ1) is 12.7. The molecule has 20 heavy (non-hydrogen) atoms. The zero-order valence-electron chi connectivity index (χ0n) is 10.4. The van der Waals surface area contributed by atoms with E-state index in [9.17, 15) is 4.79 Å². The Morgan fingerprint density at radius 1 is 1.00 bits per heavy atom. The van der Waals surface area contributed by atoms with Gasteiger partial charge < -0.3 is 5.32 Å². The predicted molar refractivity (Wildman–Crippen MR) is 81.6 cm³/mol. The molecule has 1 aromatic carbocycles. The second-order valence-electron chi connectivity index (χ2n) is 4.18. The van der Waals surface area contributed by atoms with Crippen LogP contribution in [0, 0.1) is 0 Å². The van der Waals surface area contributed by atoms with Crippen molar-refractivity contribution < 1.29 is 4.79 Å². The monoisotopic (exact) mass is 327 g/mol. The number of nitrogens with zero attached hydrogens (tertiary/aromatic N) is 2. The fourth-order valence-corrected chi connectivity index (χ4v) is 2.31. The summed E-state index contributed by atoms with van der Waals surface area (Å²) in [5, 5.41) is 4.62. The minimum Gasteiger partial charge on any atom is -0.318 e. The molecule has 0 fully saturated rings. The number of rotatable bonds is 2. The van der Waals surface area contributed by atoms with Crippen LogP contribution < -0.4 is 5.32 Å². The van der Waals surface area contributed by atoms with Gasteiger partial charge in [-0.2, -0.15) is 0 Å². The first-order valence-electron chi connectivity index (χ1n) is 6.01. The third-order valence-electron chi connectivity index (χ3n) is 2.90. The molecule has 0 aliphatic carbocycles. The van der Waals surface area contributed by atoms with Gasteiger partial charge in [-0.1, -0.05) is 24.3 Å². The van der Waals surface area contributed by atoms with E-state index in [1.165, 1.54) is 0 Å². The number of halogens is 1. The molecular formula is C15H10BrN3O. The molecule has 0 atom stereocenters. The SMILES string of the molecule is O=C(Nc1cccnc1Br)c1nccc2ccccc12. The second kappa shape index (κ2) is 5.38. The van der Waals surface area contributed by atoms with Crippen LogP contribution in [0.1, 0.15) is 10.5 Å². The number of pyridine rings is 2. The summed E-state index contributed by atoms with van der Waals surface area (Å²) in [6, 6.07) is 13.1. The molecule has 1 N–H and O–H groups in total. The maximum absolute atomic E-state index is 12.4. The third-order valence-corrected chi connectivity index (χ3v) is 3.53. The lowest BCUT2D eigenvalue weighted by molar-refractivity contribution is 0.102. The van der Waals surface area contributed by atoms with Gasteiger partial charge in [0.15, 0.2) is 0 Å². The summed E-state index contributed by atoms with van der Waals surface area (Å²) in [4.78, 5) is 20.6. The second-order valence-corrected chi connectivity index (χ2v) is 4.93. The Balaban J connectivity index is 1.99. The van der Waals surface area contributed by atoms with Crippen molar-refractivity contribution in [2.75, 3.05) is 5.32 Å². The van der Waals surface area contributed by atoms with Crippen LogP contribution in [0.5, 0.6) is 0 Å². The maximum atomic E-state index is 12.4. The van der Waals surface area contributed by atoms with Crippen LogP contribution >= 0.6 is 15.9 Å². The van der Waals surface area contributed by atoms with E-state index in [4.69, 9.17) is 0 Å². The maximum Gasteiger partial charge on any atom is 0.274 e. The Kier molecular flexibility index (Phi) is 3.43. The summed E-state index contributed by atoms with van der Waals surface area (Å²) in [6.45, 7) is 0. The molecule has 2 aromatic heterocycles. The lowest BCUT2D eigenvalue weighted by atomic mass is 10.1. The first-order valence-corrected chi connectivity index (χ1v) is 6.80. The molecule has 5 heteroatoms. The largest absolute Gasteiger partial charge is 0.318 e. The number of amides is 1. The van der Waals surface area contributed by atoms with Crippen LogP contribution in [0.3, 0.4) is 0 Å². The van der Waals surface area contributed by atoms with Crippen molar-refractivity contribution in [3.8, 4) is 0 Å². The van der Waals surface area contributed by atoms with Gasteiger partial charge in [-0.25, -0.2) is 4.98 Å². The molecule has 0 unspecified atom stereocenters. The van der Waals surface area contributed by atoms with Crippen LogP contribution in [0.2, 0.25) is 0 Å². The molecule has 0 bridgehead atoms. The fraction of sp³-hybridized carbons (Fsp3) is 0.